The molecule has 0 aromatic heterocycles. The van der Waals surface area contributed by atoms with E-state index in [1.807, 2.05) is 64.1 Å². The summed E-state index contributed by atoms with van der Waals surface area (Å²) in [6.07, 6.45) is 11.2. The van der Waals surface area contributed by atoms with Crippen LogP contribution >= 0.6 is 0 Å². The van der Waals surface area contributed by atoms with Crippen LogP contribution in [0, 0.1) is 11.8 Å². The Kier molecular flexibility index (Phi) is 18.8. The normalized spacial score (nSPS) is 19.3. The number of nitrogens with one attached hydrogen (secondary N) is 3. The van der Waals surface area contributed by atoms with Crippen LogP contribution < -0.4 is 21.7 Å². The maximum atomic E-state index is 13.4. The van der Waals surface area contributed by atoms with E-state index in [4.69, 9.17) is 5.73 Å². The monoisotopic (exact) mass is 682 g/mol. The molecule has 1 amide bonds. The molecule has 1 fully saturated rings. The van der Waals surface area contributed by atoms with Crippen molar-refractivity contribution in [3.8, 4) is 0 Å². The Morgan fingerprint density at radius 3 is 2.26 bits per heavy atom. The molecule has 2 aliphatic carbocycles. The molecule has 0 spiro atoms. The van der Waals surface area contributed by atoms with Gasteiger partial charge in [0.2, 0.25) is 0 Å². The number of aliphatic imine (C=N–C) groups is 1. The van der Waals surface area contributed by atoms with E-state index in [0.29, 0.717) is 30.4 Å². The Morgan fingerprint density at radius 2 is 1.72 bits per heavy atom. The molecule has 0 heterocycles. The number of amides is 1. The van der Waals surface area contributed by atoms with Gasteiger partial charge in [-0.2, -0.15) is 0 Å². The zero-order valence-corrected chi connectivity index (χ0v) is 31.8. The SMILES string of the molecule is C=CN=C(/C=C(/C(=C)NC1CCC(/C(C)=C(\C)C=C)C1C=C)N(C)/C=C(\C)O)C(=O)NCc1cccc(CNC2=C(N)C(=C)C2)c1.CC.CC. The molecule has 2 aliphatic rings. The van der Waals surface area contributed by atoms with Crippen LogP contribution in [-0.2, 0) is 17.9 Å². The van der Waals surface area contributed by atoms with E-state index in [-0.39, 0.29) is 29.3 Å². The summed E-state index contributed by atoms with van der Waals surface area (Å²) in [4.78, 5) is 19.4. The Labute approximate surface area is 302 Å². The molecule has 50 heavy (non-hydrogen) atoms. The molecule has 3 rings (SSSR count). The molecule has 0 aliphatic heterocycles. The van der Waals surface area contributed by atoms with Crippen LogP contribution in [0.4, 0.5) is 0 Å². The zero-order chi connectivity index (χ0) is 38.0. The number of hydrogen-bond acceptors (Lipinski definition) is 7. The van der Waals surface area contributed by atoms with Crippen molar-refractivity contribution in [2.45, 2.75) is 86.9 Å². The van der Waals surface area contributed by atoms with Crippen molar-refractivity contribution in [3.05, 3.63) is 144 Å². The minimum atomic E-state index is -0.372. The molecular formula is C42H62N6O2. The van der Waals surface area contributed by atoms with Gasteiger partial charge in [-0.25, -0.2) is 0 Å². The average molecular weight is 683 g/mol. The summed E-state index contributed by atoms with van der Waals surface area (Å²) >= 11 is 0. The Morgan fingerprint density at radius 1 is 1.08 bits per heavy atom. The fraction of sp³-hybridized carbons (Fsp3) is 0.381. The molecule has 8 nitrogen and oxygen atoms in total. The van der Waals surface area contributed by atoms with Gasteiger partial charge >= 0.3 is 0 Å². The molecule has 6 N–H and O–H groups in total. The lowest BCUT2D eigenvalue weighted by molar-refractivity contribution is -0.114. The number of aliphatic hydroxyl groups is 1. The van der Waals surface area contributed by atoms with Gasteiger partial charge in [0, 0.05) is 56.6 Å². The van der Waals surface area contributed by atoms with Gasteiger partial charge in [0.15, 0.2) is 0 Å². The molecule has 0 bridgehead atoms. The largest absolute Gasteiger partial charge is 0.511 e. The molecule has 1 aromatic rings. The van der Waals surface area contributed by atoms with E-state index in [0.717, 1.165) is 47.4 Å². The lowest BCUT2D eigenvalue weighted by Gasteiger charge is -2.28. The first kappa shape index (κ1) is 43.0. The van der Waals surface area contributed by atoms with Crippen LogP contribution in [0.3, 0.4) is 0 Å². The van der Waals surface area contributed by atoms with Crippen LogP contribution in [0.5, 0.6) is 0 Å². The third kappa shape index (κ3) is 12.2. The van der Waals surface area contributed by atoms with Crippen molar-refractivity contribution in [2.75, 3.05) is 7.05 Å². The lowest BCUT2D eigenvalue weighted by Crippen LogP contribution is -2.36. The molecule has 0 saturated heterocycles. The summed E-state index contributed by atoms with van der Waals surface area (Å²) in [7, 11) is 1.78. The van der Waals surface area contributed by atoms with E-state index in [1.165, 1.54) is 17.3 Å². The highest BCUT2D eigenvalue weighted by molar-refractivity contribution is 6.43. The number of hydrogen-bond donors (Lipinski definition) is 5. The van der Waals surface area contributed by atoms with Crippen molar-refractivity contribution < 1.29 is 9.90 Å². The number of nitrogens with two attached hydrogens (primary N) is 1. The Bertz CT molecular complexity index is 1540. The summed E-state index contributed by atoms with van der Waals surface area (Å²) < 4.78 is 0. The molecule has 1 aromatic carbocycles. The van der Waals surface area contributed by atoms with E-state index in [9.17, 15) is 9.90 Å². The minimum Gasteiger partial charge on any atom is -0.511 e. The van der Waals surface area contributed by atoms with Crippen molar-refractivity contribution in [1.82, 2.24) is 20.9 Å². The van der Waals surface area contributed by atoms with Crippen LogP contribution in [0.15, 0.2) is 138 Å². The first-order chi connectivity index (χ1) is 23.9. The van der Waals surface area contributed by atoms with Gasteiger partial charge in [0.25, 0.3) is 5.91 Å². The molecule has 3 unspecified atom stereocenters. The van der Waals surface area contributed by atoms with Gasteiger partial charge < -0.3 is 31.7 Å². The van der Waals surface area contributed by atoms with Crippen molar-refractivity contribution in [1.29, 1.82) is 0 Å². The van der Waals surface area contributed by atoms with Gasteiger partial charge in [0.05, 0.1) is 17.1 Å². The van der Waals surface area contributed by atoms with Gasteiger partial charge in [-0.15, -0.1) is 6.58 Å². The average Bonchev–Trinajstić information content (AvgIpc) is 3.53. The molecule has 0 radical (unpaired) electrons. The highest BCUT2D eigenvalue weighted by Crippen LogP contribution is 2.39. The van der Waals surface area contributed by atoms with Crippen molar-refractivity contribution in [2.24, 2.45) is 22.6 Å². The third-order valence-electron chi connectivity index (χ3n) is 8.69. The second kappa shape index (κ2) is 21.9. The van der Waals surface area contributed by atoms with Crippen molar-refractivity contribution >= 4 is 11.6 Å². The molecule has 3 atom stereocenters. The maximum Gasteiger partial charge on any atom is 0.270 e. The predicted molar refractivity (Wildman–Crippen MR) is 214 cm³/mol. The Balaban J connectivity index is 0.00000301. The Hall–Kier alpha value is -4.98. The third-order valence-corrected chi connectivity index (χ3v) is 8.69. The smallest absolute Gasteiger partial charge is 0.270 e. The number of benzene rings is 1. The molecule has 1 saturated carbocycles. The van der Waals surface area contributed by atoms with Gasteiger partial charge in [0.1, 0.15) is 11.5 Å². The highest BCUT2D eigenvalue weighted by atomic mass is 16.3. The summed E-state index contributed by atoms with van der Waals surface area (Å²) in [5.41, 5.74) is 14.5. The standard InChI is InChI=1S/C38H50N6O2.2C2H6/c1-10-24(4)27(7)32-16-17-33(31(32)11-2)43-28(8)36(44(9)23-26(6)45)20-35(40-12-3)38(46)42-22-30-15-13-14-29(19-30)21-41-34-18-25(5)37(34)39;2*1-2/h10-15,19-20,23,31-33,41,43,45H,1-3,5,8,16-18,21-22,39H2,4,6-7,9H3,(H,42,46);2*1-2H3/b26-23+,27-24+,36-20-,40-35?;;. The summed E-state index contributed by atoms with van der Waals surface area (Å²) in [6.45, 7) is 34.8. The number of likely N-dealkylation sites (N-methyl/N-ethyl adjacent to an activating group) is 1. The summed E-state index contributed by atoms with van der Waals surface area (Å²) in [5, 5.41) is 20.0. The van der Waals surface area contributed by atoms with Gasteiger partial charge in [-0.05, 0) is 62.3 Å². The maximum absolute atomic E-state index is 13.4. The number of rotatable bonds is 16. The molecule has 272 valence electrons. The minimum absolute atomic E-state index is 0.0878. The highest BCUT2D eigenvalue weighted by Gasteiger charge is 2.36. The summed E-state index contributed by atoms with van der Waals surface area (Å²) in [6, 6.07) is 8.07. The molecular weight excluding hydrogens is 621 g/mol. The lowest BCUT2D eigenvalue weighted by atomic mass is 9.85. The summed E-state index contributed by atoms with van der Waals surface area (Å²) in [5.74, 6) is 0.264. The predicted octanol–water partition coefficient (Wildman–Crippen LogP) is 8.60. The van der Waals surface area contributed by atoms with Crippen LogP contribution in [-0.4, -0.2) is 34.7 Å². The first-order valence-electron chi connectivity index (χ1n) is 17.6. The number of aliphatic hydroxyl groups excluding tert-OH is 1. The molecule has 8 heteroatoms. The number of carbonyl (C=O) groups is 1. The second-order valence-electron chi connectivity index (χ2n) is 11.9. The van der Waals surface area contributed by atoms with E-state index in [1.54, 1.807) is 31.1 Å². The van der Waals surface area contributed by atoms with Crippen LogP contribution in [0.25, 0.3) is 0 Å². The van der Waals surface area contributed by atoms with Crippen LogP contribution in [0.2, 0.25) is 0 Å². The second-order valence-corrected chi connectivity index (χ2v) is 11.9. The van der Waals surface area contributed by atoms with Crippen molar-refractivity contribution in [3.63, 3.8) is 0 Å². The van der Waals surface area contributed by atoms with E-state index >= 15 is 0 Å². The fourth-order valence-electron chi connectivity index (χ4n) is 5.92. The number of carbonyl (C=O) groups excluding carboxylic acids is 1. The van der Waals surface area contributed by atoms with Gasteiger partial charge in [-0.1, -0.05) is 102 Å². The topological polar surface area (TPSA) is 115 Å². The number of nitrogens with zero attached hydrogens (tertiary/aromatic N) is 2. The van der Waals surface area contributed by atoms with Crippen LogP contribution in [0.1, 0.15) is 78.9 Å². The van der Waals surface area contributed by atoms with E-state index < -0.39 is 0 Å². The fourth-order valence-corrected chi connectivity index (χ4v) is 5.92. The zero-order valence-electron chi connectivity index (χ0n) is 31.8. The van der Waals surface area contributed by atoms with Gasteiger partial charge in [-0.3, -0.25) is 9.79 Å². The number of allylic oxidation sites excluding steroid dienone is 6. The van der Waals surface area contributed by atoms with E-state index in [2.05, 4.69) is 67.7 Å². The quantitative estimate of drug-likeness (QED) is 0.0516. The first-order valence-corrected chi connectivity index (χ1v) is 17.6.